The van der Waals surface area contributed by atoms with Crippen molar-refractivity contribution in [2.45, 2.75) is 25.9 Å². The third kappa shape index (κ3) is 4.58. The monoisotopic (exact) mass is 338 g/mol. The van der Waals surface area contributed by atoms with Crippen LogP contribution in [-0.4, -0.2) is 29.0 Å². The van der Waals surface area contributed by atoms with E-state index in [1.165, 1.54) is 0 Å². The summed E-state index contributed by atoms with van der Waals surface area (Å²) in [4.78, 5) is 19.9. The lowest BCUT2D eigenvalue weighted by molar-refractivity contribution is -0.116. The zero-order valence-electron chi connectivity index (χ0n) is 14.4. The van der Waals surface area contributed by atoms with E-state index in [9.17, 15) is 4.79 Å². The number of amides is 1. The highest BCUT2D eigenvalue weighted by molar-refractivity contribution is 5.91. The summed E-state index contributed by atoms with van der Waals surface area (Å²) in [6.07, 6.45) is 0.372. The molecule has 0 bridgehead atoms. The van der Waals surface area contributed by atoms with E-state index in [1.807, 2.05) is 49.4 Å². The van der Waals surface area contributed by atoms with Gasteiger partial charge in [-0.05, 0) is 31.2 Å². The Bertz CT molecular complexity index is 826. The van der Waals surface area contributed by atoms with Crippen LogP contribution in [0.1, 0.15) is 19.2 Å². The molecule has 3 aromatic rings. The van der Waals surface area contributed by atoms with Crippen molar-refractivity contribution in [2.75, 3.05) is 12.4 Å². The lowest BCUT2D eigenvalue weighted by Gasteiger charge is -2.13. The molecule has 2 aromatic carbocycles. The van der Waals surface area contributed by atoms with Crippen LogP contribution in [0.5, 0.6) is 5.75 Å². The van der Waals surface area contributed by atoms with Gasteiger partial charge in [0, 0.05) is 24.2 Å². The summed E-state index contributed by atoms with van der Waals surface area (Å²) in [5.74, 6) is 1.54. The number of hydrogen-bond acceptors (Lipinski definition) is 4. The first-order valence-electron chi connectivity index (χ1n) is 8.25. The number of benzene rings is 2. The zero-order chi connectivity index (χ0) is 17.6. The van der Waals surface area contributed by atoms with E-state index >= 15 is 0 Å². The van der Waals surface area contributed by atoms with Gasteiger partial charge in [0.1, 0.15) is 11.6 Å². The summed E-state index contributed by atoms with van der Waals surface area (Å²) in [6, 6.07) is 15.3. The second kappa shape index (κ2) is 7.81. The fraction of sp³-hybridized carbons (Fsp3) is 0.263. The van der Waals surface area contributed by atoms with Gasteiger partial charge in [-0.2, -0.15) is 0 Å². The molecular formula is C19H22N4O2. The van der Waals surface area contributed by atoms with E-state index in [1.54, 1.807) is 13.2 Å². The van der Waals surface area contributed by atoms with Gasteiger partial charge < -0.3 is 20.4 Å². The van der Waals surface area contributed by atoms with E-state index in [2.05, 4.69) is 20.6 Å². The Hall–Kier alpha value is -2.86. The number of anilines is 1. The largest absolute Gasteiger partial charge is 0.497 e. The van der Waals surface area contributed by atoms with E-state index in [4.69, 9.17) is 4.74 Å². The fourth-order valence-corrected chi connectivity index (χ4v) is 2.62. The van der Waals surface area contributed by atoms with Crippen LogP contribution in [0.3, 0.4) is 0 Å². The number of methoxy groups -OCH3 is 1. The summed E-state index contributed by atoms with van der Waals surface area (Å²) in [7, 11) is 1.60. The molecule has 0 fully saturated rings. The highest BCUT2D eigenvalue weighted by Gasteiger charge is 2.10. The van der Waals surface area contributed by atoms with Gasteiger partial charge in [-0.3, -0.25) is 4.79 Å². The standard InChI is InChI=1S/C19H22N4O2/c1-13(10-19(24)21-14-6-5-7-15(11-14)25-2)20-12-18-22-16-8-3-4-9-17(16)23-18/h3-9,11,13,20H,10,12H2,1-2H3,(H,21,24)(H,22,23)/t13-/m0/s1. The van der Waals surface area contributed by atoms with Crippen LogP contribution in [0.15, 0.2) is 48.5 Å². The van der Waals surface area contributed by atoms with Gasteiger partial charge in [-0.1, -0.05) is 18.2 Å². The summed E-state index contributed by atoms with van der Waals surface area (Å²) >= 11 is 0. The number of carbonyl (C=O) groups excluding carboxylic acids is 1. The minimum atomic E-state index is -0.0436. The summed E-state index contributed by atoms with van der Waals surface area (Å²) < 4.78 is 5.16. The molecule has 0 radical (unpaired) electrons. The predicted molar refractivity (Wildman–Crippen MR) is 98.6 cm³/mol. The number of carbonyl (C=O) groups is 1. The van der Waals surface area contributed by atoms with Gasteiger partial charge in [0.25, 0.3) is 0 Å². The Kier molecular flexibility index (Phi) is 5.30. The third-order valence-electron chi connectivity index (χ3n) is 3.90. The topological polar surface area (TPSA) is 79.0 Å². The molecule has 0 saturated heterocycles. The quantitative estimate of drug-likeness (QED) is 0.618. The van der Waals surface area contributed by atoms with Crippen molar-refractivity contribution >= 4 is 22.6 Å². The molecule has 1 heterocycles. The molecule has 0 aliphatic carbocycles. The van der Waals surface area contributed by atoms with Crippen molar-refractivity contribution in [3.63, 3.8) is 0 Å². The average molecular weight is 338 g/mol. The number of aromatic amines is 1. The summed E-state index contributed by atoms with van der Waals surface area (Å²) in [5.41, 5.74) is 2.69. The molecular weight excluding hydrogens is 316 g/mol. The van der Waals surface area contributed by atoms with Gasteiger partial charge in [-0.25, -0.2) is 4.98 Å². The number of fused-ring (bicyclic) bond motifs is 1. The van der Waals surface area contributed by atoms with Crippen LogP contribution in [0.4, 0.5) is 5.69 Å². The third-order valence-corrected chi connectivity index (χ3v) is 3.90. The van der Waals surface area contributed by atoms with Gasteiger partial charge >= 0.3 is 0 Å². The van der Waals surface area contributed by atoms with Gasteiger partial charge in [0.05, 0.1) is 24.7 Å². The molecule has 0 aliphatic heterocycles. The minimum absolute atomic E-state index is 0.0267. The molecule has 3 N–H and O–H groups in total. The van der Waals surface area contributed by atoms with Crippen molar-refractivity contribution in [3.8, 4) is 5.75 Å². The van der Waals surface area contributed by atoms with Gasteiger partial charge in [0.15, 0.2) is 0 Å². The number of imidazole rings is 1. The first-order valence-corrected chi connectivity index (χ1v) is 8.25. The Morgan fingerprint density at radius 1 is 1.24 bits per heavy atom. The maximum absolute atomic E-state index is 12.2. The highest BCUT2D eigenvalue weighted by atomic mass is 16.5. The van der Waals surface area contributed by atoms with E-state index in [0.717, 1.165) is 22.5 Å². The van der Waals surface area contributed by atoms with Crippen LogP contribution in [-0.2, 0) is 11.3 Å². The number of nitrogens with zero attached hydrogens (tertiary/aromatic N) is 1. The molecule has 25 heavy (non-hydrogen) atoms. The number of H-pyrrole nitrogens is 1. The van der Waals surface area contributed by atoms with E-state index in [-0.39, 0.29) is 11.9 Å². The van der Waals surface area contributed by atoms with Crippen molar-refractivity contribution in [1.29, 1.82) is 0 Å². The minimum Gasteiger partial charge on any atom is -0.497 e. The molecule has 130 valence electrons. The average Bonchev–Trinajstić information content (AvgIpc) is 3.03. The Morgan fingerprint density at radius 2 is 2.08 bits per heavy atom. The van der Waals surface area contributed by atoms with Crippen LogP contribution in [0.2, 0.25) is 0 Å². The van der Waals surface area contributed by atoms with E-state index < -0.39 is 0 Å². The van der Waals surface area contributed by atoms with Crippen LogP contribution >= 0.6 is 0 Å². The van der Waals surface area contributed by atoms with E-state index in [0.29, 0.717) is 18.7 Å². The molecule has 1 aromatic heterocycles. The molecule has 6 nitrogen and oxygen atoms in total. The molecule has 0 aliphatic rings. The zero-order valence-corrected chi connectivity index (χ0v) is 14.4. The first-order chi connectivity index (χ1) is 12.1. The normalized spacial score (nSPS) is 12.1. The van der Waals surface area contributed by atoms with Crippen molar-refractivity contribution in [2.24, 2.45) is 0 Å². The SMILES string of the molecule is COc1cccc(NC(=O)C[C@H](C)NCc2nc3ccccc3[nH]2)c1. The van der Waals surface area contributed by atoms with Crippen LogP contribution in [0.25, 0.3) is 11.0 Å². The number of hydrogen-bond donors (Lipinski definition) is 3. The lowest BCUT2D eigenvalue weighted by atomic mass is 10.2. The van der Waals surface area contributed by atoms with Crippen molar-refractivity contribution in [3.05, 3.63) is 54.4 Å². The summed E-state index contributed by atoms with van der Waals surface area (Å²) in [6.45, 7) is 2.57. The van der Waals surface area contributed by atoms with Gasteiger partial charge in [-0.15, -0.1) is 0 Å². The summed E-state index contributed by atoms with van der Waals surface area (Å²) in [5, 5.41) is 6.20. The Morgan fingerprint density at radius 3 is 2.88 bits per heavy atom. The number of rotatable bonds is 7. The molecule has 6 heteroatoms. The lowest BCUT2D eigenvalue weighted by Crippen LogP contribution is -2.30. The highest BCUT2D eigenvalue weighted by Crippen LogP contribution is 2.17. The number of ether oxygens (including phenoxy) is 1. The van der Waals surface area contributed by atoms with Crippen molar-refractivity contribution < 1.29 is 9.53 Å². The second-order valence-corrected chi connectivity index (χ2v) is 5.97. The Balaban J connectivity index is 1.49. The molecule has 0 saturated carbocycles. The molecule has 1 atom stereocenters. The molecule has 0 spiro atoms. The predicted octanol–water partition coefficient (Wildman–Crippen LogP) is 3.08. The number of nitrogens with one attached hydrogen (secondary N) is 3. The maximum atomic E-state index is 12.2. The maximum Gasteiger partial charge on any atom is 0.225 e. The molecule has 3 rings (SSSR count). The smallest absolute Gasteiger partial charge is 0.225 e. The first kappa shape index (κ1) is 17.0. The second-order valence-electron chi connectivity index (χ2n) is 5.97. The number of aromatic nitrogens is 2. The van der Waals surface area contributed by atoms with Crippen LogP contribution < -0.4 is 15.4 Å². The number of para-hydroxylation sites is 2. The Labute approximate surface area is 146 Å². The fourth-order valence-electron chi connectivity index (χ4n) is 2.62. The molecule has 1 amide bonds. The van der Waals surface area contributed by atoms with Crippen LogP contribution in [0, 0.1) is 0 Å². The molecule has 0 unspecified atom stereocenters. The van der Waals surface area contributed by atoms with Crippen molar-refractivity contribution in [1.82, 2.24) is 15.3 Å². The van der Waals surface area contributed by atoms with Gasteiger partial charge in [0.2, 0.25) is 5.91 Å².